The highest BCUT2D eigenvalue weighted by Gasteiger charge is 2.49. The van der Waals surface area contributed by atoms with Gasteiger partial charge in [-0.3, -0.25) is 9.59 Å². The second-order valence-corrected chi connectivity index (χ2v) is 14.6. The molecule has 2 aromatic rings. The lowest BCUT2D eigenvalue weighted by Crippen LogP contribution is -2.44. The first kappa shape index (κ1) is 32.4. The molecular weight excluding hydrogens is 625 g/mol. The van der Waals surface area contributed by atoms with Crippen LogP contribution in [0, 0.1) is 16.6 Å². The molecule has 0 N–H and O–H groups in total. The molecule has 5 rings (SSSR count). The molecule has 0 radical (unpaired) electrons. The number of Topliss-reactive ketones (excluding diaryl/α,β-unsaturated/α-hetero) is 2. The number of ketones is 2. The third kappa shape index (κ3) is 6.66. The van der Waals surface area contributed by atoms with E-state index < -0.39 is 5.92 Å². The molecule has 0 fully saturated rings. The first-order valence-corrected chi connectivity index (χ1v) is 16.3. The minimum atomic E-state index is -0.493. The number of hydrogen-bond donors (Lipinski definition) is 0. The molecule has 0 saturated carbocycles. The van der Waals surface area contributed by atoms with Gasteiger partial charge in [-0.05, 0) is 88.3 Å². The molecule has 236 valence electrons. The van der Waals surface area contributed by atoms with Gasteiger partial charge in [-0.15, -0.1) is 0 Å². The smallest absolute Gasteiger partial charge is 0.175 e. The number of nitrogens with zero attached hydrogens (tertiary/aromatic N) is 1. The van der Waals surface area contributed by atoms with Gasteiger partial charge in [0.15, 0.2) is 23.1 Å². The highest BCUT2D eigenvalue weighted by Crippen LogP contribution is 2.55. The van der Waals surface area contributed by atoms with Crippen molar-refractivity contribution in [1.29, 1.82) is 0 Å². The molecule has 0 atom stereocenters. The summed E-state index contributed by atoms with van der Waals surface area (Å²) in [5.41, 5.74) is 4.77. The number of benzene rings is 2. The second kappa shape index (κ2) is 12.8. The Hall–Kier alpha value is -2.97. The predicted octanol–water partition coefficient (Wildman–Crippen LogP) is 8.29. The van der Waals surface area contributed by atoms with Gasteiger partial charge in [0.1, 0.15) is 12.4 Å². The molecule has 1 aliphatic heterocycles. The number of ether oxygens (including phenoxy) is 3. The molecule has 2 aliphatic carbocycles. The monoisotopic (exact) mass is 667 g/mol. The molecule has 0 unspecified atom stereocenters. The van der Waals surface area contributed by atoms with Crippen molar-refractivity contribution in [3.05, 3.63) is 80.4 Å². The Kier molecular flexibility index (Phi) is 9.43. The zero-order chi connectivity index (χ0) is 31.8. The summed E-state index contributed by atoms with van der Waals surface area (Å²) in [6.07, 6.45) is 3.14. The quantitative estimate of drug-likeness (QED) is 0.238. The Balaban J connectivity index is 1.65. The molecule has 1 heterocycles. The summed E-state index contributed by atoms with van der Waals surface area (Å²) in [5.74, 6) is 0.432. The lowest BCUT2D eigenvalue weighted by atomic mass is 9.63. The predicted molar refractivity (Wildman–Crippen MR) is 172 cm³/mol. The maximum atomic E-state index is 14.1. The fraction of sp³-hybridized carbons (Fsp3) is 0.500. The van der Waals surface area contributed by atoms with Crippen molar-refractivity contribution in [3.63, 3.8) is 0 Å². The SMILES string of the molecule is CCOc1cc(C2C3=C(CC(C)(C)CC3=O)N(CCCOC)C3=C2C(=O)CC(C)(C)C3)cc(Br)c1OCc1ccc(F)cc1. The van der Waals surface area contributed by atoms with E-state index in [1.54, 1.807) is 19.2 Å². The van der Waals surface area contributed by atoms with Crippen LogP contribution in [0.2, 0.25) is 0 Å². The molecule has 0 amide bonds. The van der Waals surface area contributed by atoms with E-state index in [1.807, 2.05) is 19.1 Å². The number of carbonyl (C=O) groups is 2. The van der Waals surface area contributed by atoms with Gasteiger partial charge in [0.25, 0.3) is 0 Å². The summed E-state index contributed by atoms with van der Waals surface area (Å²) in [6, 6.07) is 10.1. The van der Waals surface area contributed by atoms with Crippen molar-refractivity contribution in [1.82, 2.24) is 4.90 Å². The summed E-state index contributed by atoms with van der Waals surface area (Å²) >= 11 is 3.72. The van der Waals surface area contributed by atoms with Gasteiger partial charge in [-0.25, -0.2) is 4.39 Å². The topological polar surface area (TPSA) is 65.1 Å². The maximum absolute atomic E-state index is 14.1. The lowest BCUT2D eigenvalue weighted by molar-refractivity contribution is -0.119. The van der Waals surface area contributed by atoms with Crippen molar-refractivity contribution in [3.8, 4) is 11.5 Å². The van der Waals surface area contributed by atoms with Crippen molar-refractivity contribution in [2.75, 3.05) is 26.9 Å². The Morgan fingerprint density at radius 2 is 1.50 bits per heavy atom. The van der Waals surface area contributed by atoms with Crippen LogP contribution in [0.3, 0.4) is 0 Å². The number of rotatable bonds is 10. The summed E-state index contributed by atoms with van der Waals surface area (Å²) in [5, 5.41) is 0. The molecular formula is C36H43BrFNO5. The molecule has 0 saturated heterocycles. The highest BCUT2D eigenvalue weighted by atomic mass is 79.9. The van der Waals surface area contributed by atoms with E-state index in [2.05, 4.69) is 48.5 Å². The fourth-order valence-corrected chi connectivity index (χ4v) is 7.49. The summed E-state index contributed by atoms with van der Waals surface area (Å²) in [6.45, 7) is 12.4. The minimum absolute atomic E-state index is 0.0906. The highest BCUT2D eigenvalue weighted by molar-refractivity contribution is 9.10. The number of allylic oxidation sites excluding steroid dienone is 4. The van der Waals surface area contributed by atoms with E-state index in [0.717, 1.165) is 52.9 Å². The Morgan fingerprint density at radius 1 is 0.909 bits per heavy atom. The Bertz CT molecular complexity index is 1450. The summed E-state index contributed by atoms with van der Waals surface area (Å²) in [7, 11) is 1.70. The average Bonchev–Trinajstić information content (AvgIpc) is 2.92. The maximum Gasteiger partial charge on any atom is 0.175 e. The van der Waals surface area contributed by atoms with E-state index in [1.165, 1.54) is 12.1 Å². The second-order valence-electron chi connectivity index (χ2n) is 13.7. The fourth-order valence-electron chi connectivity index (χ4n) is 6.91. The molecule has 8 heteroatoms. The van der Waals surface area contributed by atoms with Crippen molar-refractivity contribution >= 4 is 27.5 Å². The van der Waals surface area contributed by atoms with Crippen LogP contribution < -0.4 is 9.47 Å². The van der Waals surface area contributed by atoms with Gasteiger partial charge in [0, 0.05) is 61.6 Å². The van der Waals surface area contributed by atoms with E-state index in [0.29, 0.717) is 48.6 Å². The minimum Gasteiger partial charge on any atom is -0.490 e. The first-order valence-electron chi connectivity index (χ1n) is 15.5. The molecule has 3 aliphatic rings. The van der Waals surface area contributed by atoms with Crippen LogP contribution in [0.25, 0.3) is 0 Å². The summed E-state index contributed by atoms with van der Waals surface area (Å²) in [4.78, 5) is 30.5. The zero-order valence-electron chi connectivity index (χ0n) is 26.6. The number of carbonyl (C=O) groups excluding carboxylic acids is 2. The van der Waals surface area contributed by atoms with Crippen LogP contribution in [0.5, 0.6) is 11.5 Å². The van der Waals surface area contributed by atoms with E-state index in [9.17, 15) is 14.0 Å². The Morgan fingerprint density at radius 3 is 2.05 bits per heavy atom. The normalized spacial score (nSPS) is 19.7. The van der Waals surface area contributed by atoms with Gasteiger partial charge in [-0.2, -0.15) is 0 Å². The van der Waals surface area contributed by atoms with Crippen LogP contribution in [-0.2, 0) is 20.9 Å². The van der Waals surface area contributed by atoms with Gasteiger partial charge in [0.2, 0.25) is 0 Å². The van der Waals surface area contributed by atoms with E-state index >= 15 is 0 Å². The van der Waals surface area contributed by atoms with Gasteiger partial charge < -0.3 is 19.1 Å². The average molecular weight is 669 g/mol. The van der Waals surface area contributed by atoms with Crippen molar-refractivity contribution < 1.29 is 28.2 Å². The van der Waals surface area contributed by atoms with Gasteiger partial charge in [-0.1, -0.05) is 39.8 Å². The van der Waals surface area contributed by atoms with Gasteiger partial charge >= 0.3 is 0 Å². The molecule has 6 nitrogen and oxygen atoms in total. The third-order valence-electron chi connectivity index (χ3n) is 8.71. The van der Waals surface area contributed by atoms with Crippen LogP contribution in [0.15, 0.2) is 63.4 Å². The van der Waals surface area contributed by atoms with Crippen molar-refractivity contribution in [2.45, 2.75) is 79.2 Å². The number of methoxy groups -OCH3 is 1. The standard InChI is InChI=1S/C36H43BrFNO5/c1-7-43-30-16-23(15-25(37)34(30)44-21-22-9-11-24(38)12-10-22)31-32-26(17-35(2,3)19-28(32)40)39(13-8-14-42-6)27-18-36(4,5)20-29(41)33(27)31/h9-12,15-16,31H,7-8,13-14,17-21H2,1-6H3. The molecule has 0 bridgehead atoms. The summed E-state index contributed by atoms with van der Waals surface area (Å²) < 4.78 is 31.8. The largest absolute Gasteiger partial charge is 0.490 e. The van der Waals surface area contributed by atoms with Crippen LogP contribution in [0.1, 0.15) is 83.8 Å². The van der Waals surface area contributed by atoms with E-state index in [-0.39, 0.29) is 34.8 Å². The number of halogens is 2. The lowest BCUT2D eigenvalue weighted by Gasteiger charge is -2.49. The number of hydrogen-bond acceptors (Lipinski definition) is 6. The van der Waals surface area contributed by atoms with Crippen LogP contribution >= 0.6 is 15.9 Å². The van der Waals surface area contributed by atoms with Crippen LogP contribution in [-0.4, -0.2) is 43.3 Å². The third-order valence-corrected chi connectivity index (χ3v) is 9.30. The van der Waals surface area contributed by atoms with Crippen LogP contribution in [0.4, 0.5) is 4.39 Å². The van der Waals surface area contributed by atoms with Crippen molar-refractivity contribution in [2.24, 2.45) is 10.8 Å². The molecule has 0 spiro atoms. The zero-order valence-corrected chi connectivity index (χ0v) is 28.2. The first-order chi connectivity index (χ1) is 20.8. The molecule has 0 aromatic heterocycles. The Labute approximate surface area is 268 Å². The molecule has 44 heavy (non-hydrogen) atoms. The molecule has 2 aromatic carbocycles. The van der Waals surface area contributed by atoms with Gasteiger partial charge in [0.05, 0.1) is 11.1 Å². The van der Waals surface area contributed by atoms with E-state index in [4.69, 9.17) is 14.2 Å².